The molecule has 0 saturated carbocycles. The van der Waals surface area contributed by atoms with E-state index < -0.39 is 0 Å². The van der Waals surface area contributed by atoms with Crippen LogP contribution in [0.3, 0.4) is 0 Å². The fourth-order valence-corrected chi connectivity index (χ4v) is 8.23. The predicted octanol–water partition coefficient (Wildman–Crippen LogP) is 11.3. The lowest BCUT2D eigenvalue weighted by Gasteiger charge is -2.15. The maximum absolute atomic E-state index is 5.19. The second-order valence-corrected chi connectivity index (χ2v) is 12.6. The lowest BCUT2D eigenvalue weighted by Crippen LogP contribution is -1.98. The standard InChI is InChI=1S/C41H25N3S/c1-2-13-27(14-3-1)43-34-19-9-6-16-29(34)31-25-38-32(24-37(31)43)30-17-7-10-20-35(30)44(38)36-23-22-26-12-4-5-15-28(26)40(36)41-42-33-18-8-11-21-39(33)45-41/h1-25H. The van der Waals surface area contributed by atoms with Crippen molar-refractivity contribution in [3.05, 3.63) is 152 Å². The quantitative estimate of drug-likeness (QED) is 0.200. The van der Waals surface area contributed by atoms with Gasteiger partial charge in [-0.1, -0.05) is 97.1 Å². The molecular formula is C41H25N3S. The highest BCUT2D eigenvalue weighted by Gasteiger charge is 2.22. The molecule has 0 spiro atoms. The van der Waals surface area contributed by atoms with E-state index in [1.54, 1.807) is 11.3 Å². The number of fused-ring (bicyclic) bond motifs is 8. The summed E-state index contributed by atoms with van der Waals surface area (Å²) in [6.45, 7) is 0. The molecule has 0 N–H and O–H groups in total. The molecule has 0 aliphatic heterocycles. The van der Waals surface area contributed by atoms with Gasteiger partial charge in [0.25, 0.3) is 0 Å². The summed E-state index contributed by atoms with van der Waals surface area (Å²) in [4.78, 5) is 5.19. The second kappa shape index (κ2) is 9.39. The topological polar surface area (TPSA) is 22.8 Å². The minimum atomic E-state index is 1.04. The van der Waals surface area contributed by atoms with Crippen molar-refractivity contribution in [2.45, 2.75) is 0 Å². The minimum absolute atomic E-state index is 1.04. The largest absolute Gasteiger partial charge is 0.309 e. The van der Waals surface area contributed by atoms with Crippen LogP contribution in [0.1, 0.15) is 0 Å². The Bertz CT molecular complexity index is 2730. The molecule has 0 fully saturated rings. The third-order valence-electron chi connectivity index (χ3n) is 9.14. The molecule has 3 nitrogen and oxygen atoms in total. The molecule has 4 heteroatoms. The maximum atomic E-state index is 5.19. The van der Waals surface area contributed by atoms with Crippen molar-refractivity contribution in [1.29, 1.82) is 0 Å². The van der Waals surface area contributed by atoms with E-state index in [9.17, 15) is 0 Å². The van der Waals surface area contributed by atoms with Gasteiger partial charge in [0.1, 0.15) is 5.01 Å². The van der Waals surface area contributed by atoms with Crippen LogP contribution in [0, 0.1) is 0 Å². The first kappa shape index (κ1) is 24.7. The van der Waals surface area contributed by atoms with Crippen LogP contribution in [0.15, 0.2) is 152 Å². The van der Waals surface area contributed by atoms with Gasteiger partial charge in [0.2, 0.25) is 0 Å². The van der Waals surface area contributed by atoms with Gasteiger partial charge in [-0.25, -0.2) is 4.98 Å². The Morgan fingerprint density at radius 2 is 1.04 bits per heavy atom. The summed E-state index contributed by atoms with van der Waals surface area (Å²) < 4.78 is 6.06. The molecule has 3 heterocycles. The van der Waals surface area contributed by atoms with E-state index in [-0.39, 0.29) is 0 Å². The van der Waals surface area contributed by atoms with E-state index in [0.29, 0.717) is 0 Å². The van der Waals surface area contributed by atoms with E-state index in [0.717, 1.165) is 16.2 Å². The molecule has 0 atom stereocenters. The molecule has 0 bridgehead atoms. The summed E-state index contributed by atoms with van der Waals surface area (Å²) in [6, 6.07) is 54.7. The van der Waals surface area contributed by atoms with Crippen LogP contribution < -0.4 is 0 Å². The zero-order chi connectivity index (χ0) is 29.5. The SMILES string of the molecule is c1ccc(-n2c3ccccc3c3cc4c(cc32)c2ccccc2n4-c2ccc3ccccc3c2-c2nc3ccccc3s2)cc1. The number of aromatic nitrogens is 3. The molecule has 7 aromatic carbocycles. The van der Waals surface area contributed by atoms with Crippen LogP contribution in [-0.2, 0) is 0 Å². The first-order valence-electron chi connectivity index (χ1n) is 15.2. The highest BCUT2D eigenvalue weighted by atomic mass is 32.1. The van der Waals surface area contributed by atoms with Crippen LogP contribution in [-0.4, -0.2) is 14.1 Å². The molecule has 3 aromatic heterocycles. The van der Waals surface area contributed by atoms with Gasteiger partial charge in [-0.3, -0.25) is 0 Å². The summed E-state index contributed by atoms with van der Waals surface area (Å²) in [5.41, 5.74) is 9.32. The van der Waals surface area contributed by atoms with Crippen molar-refractivity contribution in [2.24, 2.45) is 0 Å². The number of para-hydroxylation sites is 4. The number of nitrogens with zero attached hydrogens (tertiary/aromatic N) is 3. The summed E-state index contributed by atoms with van der Waals surface area (Å²) in [6.07, 6.45) is 0. The van der Waals surface area contributed by atoms with Crippen molar-refractivity contribution in [1.82, 2.24) is 14.1 Å². The van der Waals surface area contributed by atoms with Gasteiger partial charge >= 0.3 is 0 Å². The lowest BCUT2D eigenvalue weighted by molar-refractivity contribution is 1.18. The number of rotatable bonds is 3. The van der Waals surface area contributed by atoms with Crippen molar-refractivity contribution in [2.75, 3.05) is 0 Å². The van der Waals surface area contributed by atoms with Crippen LogP contribution in [0.2, 0.25) is 0 Å². The highest BCUT2D eigenvalue weighted by molar-refractivity contribution is 7.21. The van der Waals surface area contributed by atoms with Crippen LogP contribution in [0.5, 0.6) is 0 Å². The fraction of sp³-hybridized carbons (Fsp3) is 0. The molecule has 10 aromatic rings. The predicted molar refractivity (Wildman–Crippen MR) is 191 cm³/mol. The Hall–Kier alpha value is -5.71. The van der Waals surface area contributed by atoms with Crippen LogP contribution in [0.25, 0.3) is 86.5 Å². The molecule has 0 aliphatic carbocycles. The molecule has 0 radical (unpaired) electrons. The van der Waals surface area contributed by atoms with Crippen molar-refractivity contribution >= 4 is 75.9 Å². The molecule has 0 saturated heterocycles. The molecule has 45 heavy (non-hydrogen) atoms. The monoisotopic (exact) mass is 591 g/mol. The Morgan fingerprint density at radius 1 is 0.444 bits per heavy atom. The third-order valence-corrected chi connectivity index (χ3v) is 10.2. The third kappa shape index (κ3) is 3.54. The average Bonchev–Trinajstić information content (AvgIpc) is 3.77. The van der Waals surface area contributed by atoms with Gasteiger partial charge in [0, 0.05) is 32.8 Å². The first-order valence-corrected chi connectivity index (χ1v) is 16.0. The highest BCUT2D eigenvalue weighted by Crippen LogP contribution is 2.44. The first-order chi connectivity index (χ1) is 22.3. The van der Waals surface area contributed by atoms with Gasteiger partial charge in [0.15, 0.2) is 0 Å². The van der Waals surface area contributed by atoms with Crippen molar-refractivity contribution < 1.29 is 0 Å². The van der Waals surface area contributed by atoms with Gasteiger partial charge in [-0.15, -0.1) is 11.3 Å². The number of thiazole rings is 1. The molecule has 10 rings (SSSR count). The minimum Gasteiger partial charge on any atom is -0.309 e. The van der Waals surface area contributed by atoms with Gasteiger partial charge in [0.05, 0.1) is 38.0 Å². The molecule has 0 aliphatic rings. The molecule has 0 amide bonds. The van der Waals surface area contributed by atoms with Crippen LogP contribution >= 0.6 is 11.3 Å². The van der Waals surface area contributed by atoms with E-state index >= 15 is 0 Å². The van der Waals surface area contributed by atoms with Gasteiger partial charge in [-0.2, -0.15) is 0 Å². The van der Waals surface area contributed by atoms with E-state index in [4.69, 9.17) is 4.98 Å². The van der Waals surface area contributed by atoms with Gasteiger partial charge in [-0.05, 0) is 65.4 Å². The average molecular weight is 592 g/mol. The summed E-state index contributed by atoms with van der Waals surface area (Å²) >= 11 is 1.77. The van der Waals surface area contributed by atoms with E-state index in [1.807, 2.05) is 0 Å². The fourth-order valence-electron chi connectivity index (χ4n) is 7.20. The summed E-state index contributed by atoms with van der Waals surface area (Å²) in [5, 5.41) is 8.43. The Balaban J connectivity index is 1.37. The Kier molecular flexibility index (Phi) is 5.16. The number of hydrogen-bond donors (Lipinski definition) is 0. The smallest absolute Gasteiger partial charge is 0.127 e. The Labute approximate surface area is 262 Å². The number of benzene rings is 7. The maximum Gasteiger partial charge on any atom is 0.127 e. The van der Waals surface area contributed by atoms with E-state index in [2.05, 4.69) is 161 Å². The second-order valence-electron chi connectivity index (χ2n) is 11.6. The molecule has 210 valence electrons. The van der Waals surface area contributed by atoms with Crippen LogP contribution in [0.4, 0.5) is 0 Å². The Morgan fingerprint density at radius 3 is 1.80 bits per heavy atom. The normalized spacial score (nSPS) is 12.0. The molecular weight excluding hydrogens is 567 g/mol. The van der Waals surface area contributed by atoms with Gasteiger partial charge < -0.3 is 9.13 Å². The van der Waals surface area contributed by atoms with Crippen molar-refractivity contribution in [3.63, 3.8) is 0 Å². The summed E-state index contributed by atoms with van der Waals surface area (Å²) in [5.74, 6) is 0. The van der Waals surface area contributed by atoms with E-state index in [1.165, 1.54) is 70.3 Å². The number of hydrogen-bond acceptors (Lipinski definition) is 2. The zero-order valence-electron chi connectivity index (χ0n) is 24.2. The summed E-state index contributed by atoms with van der Waals surface area (Å²) in [7, 11) is 0. The zero-order valence-corrected chi connectivity index (χ0v) is 25.0. The van der Waals surface area contributed by atoms with Crippen molar-refractivity contribution in [3.8, 4) is 21.9 Å². The molecule has 0 unspecified atom stereocenters. The lowest BCUT2D eigenvalue weighted by atomic mass is 10.0.